The summed E-state index contributed by atoms with van der Waals surface area (Å²) in [6.45, 7) is 0. The molecule has 24 heavy (non-hydrogen) atoms. The van der Waals surface area contributed by atoms with E-state index < -0.39 is 35.7 Å². The van der Waals surface area contributed by atoms with Gasteiger partial charge in [-0.15, -0.1) is 6.42 Å². The molecule has 0 aromatic carbocycles. The molecular weight excluding hydrogens is 314 g/mol. The van der Waals surface area contributed by atoms with Gasteiger partial charge in [-0.1, -0.05) is 5.92 Å². The monoisotopic (exact) mass is 331 g/mol. The summed E-state index contributed by atoms with van der Waals surface area (Å²) in [6, 6.07) is 0. The van der Waals surface area contributed by atoms with Crippen molar-refractivity contribution in [3.8, 4) is 12.3 Å². The quantitative estimate of drug-likeness (QED) is 0.411. The number of carbonyl (C=O) groups is 3. The summed E-state index contributed by atoms with van der Waals surface area (Å²) in [7, 11) is 0. The number of ether oxygens (including phenoxy) is 3. The predicted octanol–water partition coefficient (Wildman–Crippen LogP) is 0.283. The van der Waals surface area contributed by atoms with Crippen LogP contribution in [0.25, 0.3) is 0 Å². The molecule has 7 heteroatoms. The van der Waals surface area contributed by atoms with Gasteiger partial charge in [0.05, 0.1) is 6.42 Å². The SMILES string of the molecule is C#C[C@@]12OC3(CCCC3)O[C@@H]1[C@@H](C=O)O[C@H]2N1C=CC(=O)CC1=O. The van der Waals surface area contributed by atoms with Crippen LogP contribution in [-0.4, -0.2) is 52.7 Å². The third-order valence-corrected chi connectivity index (χ3v) is 5.08. The van der Waals surface area contributed by atoms with E-state index in [1.165, 1.54) is 17.2 Å². The van der Waals surface area contributed by atoms with Crippen LogP contribution < -0.4 is 0 Å². The van der Waals surface area contributed by atoms with Crippen LogP contribution in [0.5, 0.6) is 0 Å². The number of amides is 1. The normalized spacial score (nSPS) is 40.1. The first kappa shape index (κ1) is 15.5. The highest BCUT2D eigenvalue weighted by Gasteiger charge is 2.69. The van der Waals surface area contributed by atoms with Crippen molar-refractivity contribution in [1.82, 2.24) is 4.90 Å². The van der Waals surface area contributed by atoms with Crippen molar-refractivity contribution in [3.63, 3.8) is 0 Å². The van der Waals surface area contributed by atoms with Crippen molar-refractivity contribution >= 4 is 18.0 Å². The molecular formula is C17H17NO6. The molecule has 0 unspecified atom stereocenters. The molecule has 0 radical (unpaired) electrons. The Morgan fingerprint density at radius 3 is 2.71 bits per heavy atom. The van der Waals surface area contributed by atoms with Crippen molar-refractivity contribution < 1.29 is 28.6 Å². The van der Waals surface area contributed by atoms with Gasteiger partial charge >= 0.3 is 0 Å². The molecule has 4 atom stereocenters. The number of hydrogen-bond acceptors (Lipinski definition) is 6. The molecule has 0 aromatic heterocycles. The standard InChI is InChI=1S/C17H17NO6/c1-2-17-14(23-16(24-17)6-3-4-7-16)12(10-19)22-15(17)18-8-5-11(20)9-13(18)21/h1,5,8,10,12,14-15H,3-4,6-7,9H2/t12-,14-,15-,17-/m1/s1. The lowest BCUT2D eigenvalue weighted by atomic mass is 9.94. The third kappa shape index (κ3) is 2.00. The summed E-state index contributed by atoms with van der Waals surface area (Å²) in [5, 5.41) is 0. The number of hydrogen-bond donors (Lipinski definition) is 0. The Morgan fingerprint density at radius 1 is 1.33 bits per heavy atom. The zero-order valence-corrected chi connectivity index (χ0v) is 13.0. The van der Waals surface area contributed by atoms with Crippen molar-refractivity contribution in [1.29, 1.82) is 0 Å². The molecule has 4 aliphatic rings. The summed E-state index contributed by atoms with van der Waals surface area (Å²) in [6.07, 6.45) is 9.32. The van der Waals surface area contributed by atoms with E-state index in [1.54, 1.807) is 0 Å². The summed E-state index contributed by atoms with van der Waals surface area (Å²) in [5.74, 6) is 1.04. The molecule has 1 saturated carbocycles. The second-order valence-corrected chi connectivity index (χ2v) is 6.54. The van der Waals surface area contributed by atoms with Crippen LogP contribution in [0.1, 0.15) is 32.1 Å². The zero-order valence-electron chi connectivity index (χ0n) is 13.0. The summed E-state index contributed by atoms with van der Waals surface area (Å²) in [5.41, 5.74) is -1.36. The number of nitrogens with zero attached hydrogens (tertiary/aromatic N) is 1. The molecule has 7 nitrogen and oxygen atoms in total. The molecule has 4 rings (SSSR count). The van der Waals surface area contributed by atoms with E-state index in [0.717, 1.165) is 12.8 Å². The highest BCUT2D eigenvalue weighted by atomic mass is 16.8. The highest BCUT2D eigenvalue weighted by Crippen LogP contribution is 2.52. The van der Waals surface area contributed by atoms with E-state index in [0.29, 0.717) is 19.1 Å². The second-order valence-electron chi connectivity index (χ2n) is 6.54. The topological polar surface area (TPSA) is 82.1 Å². The first-order chi connectivity index (χ1) is 11.5. The maximum absolute atomic E-state index is 12.3. The van der Waals surface area contributed by atoms with E-state index in [-0.39, 0.29) is 12.2 Å². The van der Waals surface area contributed by atoms with Crippen LogP contribution in [0.15, 0.2) is 12.3 Å². The average molecular weight is 331 g/mol. The number of aldehydes is 1. The van der Waals surface area contributed by atoms with Crippen LogP contribution in [-0.2, 0) is 28.6 Å². The van der Waals surface area contributed by atoms with Gasteiger partial charge in [-0.05, 0) is 18.9 Å². The first-order valence-corrected chi connectivity index (χ1v) is 8.02. The Balaban J connectivity index is 1.74. The lowest BCUT2D eigenvalue weighted by Gasteiger charge is -2.36. The zero-order chi connectivity index (χ0) is 16.9. The minimum atomic E-state index is -1.36. The van der Waals surface area contributed by atoms with E-state index in [4.69, 9.17) is 20.6 Å². The number of fused-ring (bicyclic) bond motifs is 1. The second kappa shape index (κ2) is 5.24. The maximum Gasteiger partial charge on any atom is 0.236 e. The van der Waals surface area contributed by atoms with Gasteiger partial charge in [-0.25, -0.2) is 0 Å². The minimum absolute atomic E-state index is 0.264. The number of rotatable bonds is 2. The number of ketones is 1. The Bertz CT molecular complexity index is 673. The van der Waals surface area contributed by atoms with Gasteiger partial charge in [0.15, 0.2) is 24.1 Å². The highest BCUT2D eigenvalue weighted by molar-refractivity contribution is 6.06. The number of allylic oxidation sites excluding steroid dienone is 1. The molecule has 0 aromatic rings. The lowest BCUT2D eigenvalue weighted by Crippen LogP contribution is -2.54. The van der Waals surface area contributed by atoms with E-state index in [2.05, 4.69) is 5.92 Å². The molecule has 126 valence electrons. The minimum Gasteiger partial charge on any atom is -0.340 e. The van der Waals surface area contributed by atoms with Crippen molar-refractivity contribution in [2.75, 3.05) is 0 Å². The van der Waals surface area contributed by atoms with Crippen LogP contribution in [0.2, 0.25) is 0 Å². The van der Waals surface area contributed by atoms with Gasteiger partial charge in [0, 0.05) is 19.0 Å². The largest absolute Gasteiger partial charge is 0.340 e. The van der Waals surface area contributed by atoms with Crippen molar-refractivity contribution in [3.05, 3.63) is 12.3 Å². The van der Waals surface area contributed by atoms with Gasteiger partial charge in [0.2, 0.25) is 11.5 Å². The van der Waals surface area contributed by atoms with E-state index >= 15 is 0 Å². The lowest BCUT2D eigenvalue weighted by molar-refractivity contribution is -0.225. The summed E-state index contributed by atoms with van der Waals surface area (Å²) < 4.78 is 17.9. The number of terminal acetylenes is 1. The van der Waals surface area contributed by atoms with E-state index in [1.807, 2.05) is 0 Å². The average Bonchev–Trinajstić information content (AvgIpc) is 3.22. The molecule has 3 fully saturated rings. The molecule has 0 bridgehead atoms. The van der Waals surface area contributed by atoms with Gasteiger partial charge in [-0.2, -0.15) is 0 Å². The fourth-order valence-electron chi connectivity index (χ4n) is 3.98. The molecule has 1 spiro atoms. The van der Waals surface area contributed by atoms with Crippen molar-refractivity contribution in [2.45, 2.75) is 61.9 Å². The molecule has 0 N–H and O–H groups in total. The molecule has 1 amide bonds. The smallest absolute Gasteiger partial charge is 0.236 e. The summed E-state index contributed by atoms with van der Waals surface area (Å²) >= 11 is 0. The molecule has 1 aliphatic carbocycles. The van der Waals surface area contributed by atoms with Gasteiger partial charge in [0.1, 0.15) is 12.2 Å². The summed E-state index contributed by atoms with van der Waals surface area (Å²) in [4.78, 5) is 36.4. The Kier molecular flexibility index (Phi) is 3.39. The predicted molar refractivity (Wildman–Crippen MR) is 79.1 cm³/mol. The first-order valence-electron chi connectivity index (χ1n) is 8.02. The van der Waals surface area contributed by atoms with Gasteiger partial charge in [-0.3, -0.25) is 14.5 Å². The van der Waals surface area contributed by atoms with Gasteiger partial charge < -0.3 is 19.0 Å². The Labute approximate surface area is 138 Å². The van der Waals surface area contributed by atoms with Crippen LogP contribution in [0, 0.1) is 12.3 Å². The maximum atomic E-state index is 12.3. The van der Waals surface area contributed by atoms with E-state index in [9.17, 15) is 14.4 Å². The van der Waals surface area contributed by atoms with Crippen LogP contribution >= 0.6 is 0 Å². The van der Waals surface area contributed by atoms with Crippen LogP contribution in [0.4, 0.5) is 0 Å². The molecule has 3 heterocycles. The third-order valence-electron chi connectivity index (χ3n) is 5.08. The fraction of sp³-hybridized carbons (Fsp3) is 0.588. The Morgan fingerprint density at radius 2 is 2.08 bits per heavy atom. The number of carbonyl (C=O) groups excluding carboxylic acids is 3. The van der Waals surface area contributed by atoms with Crippen molar-refractivity contribution in [2.24, 2.45) is 0 Å². The molecule has 3 aliphatic heterocycles. The fourth-order valence-corrected chi connectivity index (χ4v) is 3.98. The van der Waals surface area contributed by atoms with Gasteiger partial charge in [0.25, 0.3) is 0 Å². The Hall–Kier alpha value is -2.01. The van der Waals surface area contributed by atoms with Crippen LogP contribution in [0.3, 0.4) is 0 Å². The molecule has 2 saturated heterocycles.